The molecule has 2 rings (SSSR count). The molecule has 1 aliphatic rings. The molecule has 1 aromatic rings. The summed E-state index contributed by atoms with van der Waals surface area (Å²) in [5.41, 5.74) is 1.67. The molecule has 12 heavy (non-hydrogen) atoms. The summed E-state index contributed by atoms with van der Waals surface area (Å²) in [5, 5.41) is 12.1. The average Bonchev–Trinajstić information content (AvgIpc) is 2.74. The van der Waals surface area contributed by atoms with Crippen LogP contribution < -0.4 is 5.32 Å². The Balaban J connectivity index is 2.27. The molecule has 1 aromatic heterocycles. The quantitative estimate of drug-likeness (QED) is 0.682. The minimum absolute atomic E-state index is 0.332. The monoisotopic (exact) mass is 162 g/mol. The summed E-state index contributed by atoms with van der Waals surface area (Å²) >= 11 is 0. The van der Waals surface area contributed by atoms with E-state index in [9.17, 15) is 0 Å². The van der Waals surface area contributed by atoms with Gasteiger partial charge in [-0.25, -0.2) is 0 Å². The van der Waals surface area contributed by atoms with Crippen LogP contribution in [0.25, 0.3) is 0 Å². The van der Waals surface area contributed by atoms with Crippen LogP contribution in [-0.4, -0.2) is 6.54 Å². The van der Waals surface area contributed by atoms with E-state index in [-0.39, 0.29) is 0 Å². The predicted octanol–water partition coefficient (Wildman–Crippen LogP) is 1.58. The molecule has 0 saturated carbocycles. The van der Waals surface area contributed by atoms with E-state index in [2.05, 4.69) is 11.4 Å². The number of nitriles is 1. The standard InChI is InChI=1S/C9H10N2O/c10-4-7-5-12-6-8(7)9-2-1-3-11-9/h5-6,9,11H,1-3H2/t9-/m1/s1. The molecule has 1 N–H and O–H groups in total. The highest BCUT2D eigenvalue weighted by Crippen LogP contribution is 2.26. The van der Waals surface area contributed by atoms with Crippen molar-refractivity contribution in [3.63, 3.8) is 0 Å². The van der Waals surface area contributed by atoms with E-state index >= 15 is 0 Å². The molecule has 1 saturated heterocycles. The molecule has 2 heterocycles. The Hall–Kier alpha value is -1.27. The van der Waals surface area contributed by atoms with Gasteiger partial charge in [-0.2, -0.15) is 5.26 Å². The molecule has 0 spiro atoms. The van der Waals surface area contributed by atoms with Crippen molar-refractivity contribution in [2.75, 3.05) is 6.54 Å². The first-order chi connectivity index (χ1) is 5.92. The lowest BCUT2D eigenvalue weighted by molar-refractivity contribution is 0.552. The van der Waals surface area contributed by atoms with Crippen LogP contribution in [-0.2, 0) is 0 Å². The van der Waals surface area contributed by atoms with Crippen molar-refractivity contribution in [2.24, 2.45) is 0 Å². The van der Waals surface area contributed by atoms with Gasteiger partial charge in [0, 0.05) is 11.6 Å². The van der Waals surface area contributed by atoms with Gasteiger partial charge in [0.2, 0.25) is 0 Å². The van der Waals surface area contributed by atoms with Crippen LogP contribution >= 0.6 is 0 Å². The molecule has 0 unspecified atom stereocenters. The lowest BCUT2D eigenvalue weighted by Crippen LogP contribution is -2.12. The van der Waals surface area contributed by atoms with Crippen molar-refractivity contribution in [2.45, 2.75) is 18.9 Å². The summed E-state index contributed by atoms with van der Waals surface area (Å²) in [6, 6.07) is 2.45. The second kappa shape index (κ2) is 3.00. The van der Waals surface area contributed by atoms with Gasteiger partial charge in [-0.3, -0.25) is 0 Å². The highest BCUT2D eigenvalue weighted by Gasteiger charge is 2.20. The van der Waals surface area contributed by atoms with Gasteiger partial charge in [-0.1, -0.05) is 0 Å². The summed E-state index contributed by atoms with van der Waals surface area (Å²) in [6.45, 7) is 1.04. The van der Waals surface area contributed by atoms with Crippen LogP contribution in [0, 0.1) is 11.3 Å². The maximum atomic E-state index is 8.73. The van der Waals surface area contributed by atoms with Crippen LogP contribution in [0.2, 0.25) is 0 Å². The number of hydrogen-bond acceptors (Lipinski definition) is 3. The lowest BCUT2D eigenvalue weighted by atomic mass is 10.1. The van der Waals surface area contributed by atoms with Crippen molar-refractivity contribution in [3.05, 3.63) is 23.7 Å². The van der Waals surface area contributed by atoms with Crippen molar-refractivity contribution >= 4 is 0 Å². The first kappa shape index (κ1) is 7.38. The first-order valence-corrected chi connectivity index (χ1v) is 4.11. The minimum atomic E-state index is 0.332. The largest absolute Gasteiger partial charge is 0.471 e. The molecule has 0 radical (unpaired) electrons. The zero-order valence-electron chi connectivity index (χ0n) is 6.71. The molecule has 1 aliphatic heterocycles. The summed E-state index contributed by atoms with van der Waals surface area (Å²) in [6.07, 6.45) is 5.46. The Labute approximate surface area is 71.0 Å². The second-order valence-corrected chi connectivity index (χ2v) is 3.00. The SMILES string of the molecule is N#Cc1cocc1[C@H]1CCCN1. The van der Waals surface area contributed by atoms with Gasteiger partial charge in [-0.15, -0.1) is 0 Å². The minimum Gasteiger partial charge on any atom is -0.471 e. The smallest absolute Gasteiger partial charge is 0.108 e. The van der Waals surface area contributed by atoms with Gasteiger partial charge in [-0.05, 0) is 19.4 Å². The summed E-state index contributed by atoms with van der Waals surface area (Å²) < 4.78 is 4.99. The van der Waals surface area contributed by atoms with Gasteiger partial charge in [0.1, 0.15) is 12.3 Å². The molecular formula is C9H10N2O. The fourth-order valence-corrected chi connectivity index (χ4v) is 1.62. The van der Waals surface area contributed by atoms with Gasteiger partial charge in [0.05, 0.1) is 11.8 Å². The van der Waals surface area contributed by atoms with Crippen LogP contribution in [0.15, 0.2) is 16.9 Å². The van der Waals surface area contributed by atoms with Gasteiger partial charge < -0.3 is 9.73 Å². The molecule has 1 fully saturated rings. The highest BCUT2D eigenvalue weighted by molar-refractivity contribution is 5.35. The van der Waals surface area contributed by atoms with E-state index in [1.807, 2.05) is 0 Å². The van der Waals surface area contributed by atoms with Gasteiger partial charge in [0.25, 0.3) is 0 Å². The lowest BCUT2D eigenvalue weighted by Gasteiger charge is -2.06. The Kier molecular flexibility index (Phi) is 1.84. The third-order valence-corrected chi connectivity index (χ3v) is 2.25. The van der Waals surface area contributed by atoms with Gasteiger partial charge in [0.15, 0.2) is 0 Å². The second-order valence-electron chi connectivity index (χ2n) is 3.00. The molecule has 0 amide bonds. The third-order valence-electron chi connectivity index (χ3n) is 2.25. The molecule has 62 valence electrons. The molecular weight excluding hydrogens is 152 g/mol. The van der Waals surface area contributed by atoms with Crippen LogP contribution in [0.3, 0.4) is 0 Å². The Bertz CT molecular complexity index is 305. The van der Waals surface area contributed by atoms with Crippen molar-refractivity contribution in [1.29, 1.82) is 5.26 Å². The molecule has 0 aromatic carbocycles. The summed E-state index contributed by atoms with van der Waals surface area (Å²) in [4.78, 5) is 0. The normalized spacial score (nSPS) is 22.4. The fraction of sp³-hybridized carbons (Fsp3) is 0.444. The van der Waals surface area contributed by atoms with Crippen molar-refractivity contribution in [1.82, 2.24) is 5.32 Å². The van der Waals surface area contributed by atoms with Crippen molar-refractivity contribution in [3.8, 4) is 6.07 Å². The summed E-state index contributed by atoms with van der Waals surface area (Å²) in [5.74, 6) is 0. The van der Waals surface area contributed by atoms with Crippen LogP contribution in [0.4, 0.5) is 0 Å². The first-order valence-electron chi connectivity index (χ1n) is 4.11. The highest BCUT2D eigenvalue weighted by atomic mass is 16.3. The van der Waals surface area contributed by atoms with E-state index < -0.39 is 0 Å². The van der Waals surface area contributed by atoms with Crippen LogP contribution in [0.5, 0.6) is 0 Å². The Morgan fingerprint density at radius 2 is 2.50 bits per heavy atom. The van der Waals surface area contributed by atoms with Crippen LogP contribution in [0.1, 0.15) is 30.0 Å². The maximum absolute atomic E-state index is 8.73. The number of furan rings is 1. The number of rotatable bonds is 1. The number of nitrogens with one attached hydrogen (secondary N) is 1. The number of hydrogen-bond donors (Lipinski definition) is 1. The van der Waals surface area contributed by atoms with E-state index in [0.29, 0.717) is 11.6 Å². The Morgan fingerprint density at radius 3 is 3.17 bits per heavy atom. The zero-order valence-corrected chi connectivity index (χ0v) is 6.71. The van der Waals surface area contributed by atoms with E-state index in [4.69, 9.17) is 9.68 Å². The topological polar surface area (TPSA) is 49.0 Å². The fourth-order valence-electron chi connectivity index (χ4n) is 1.62. The molecule has 3 heteroatoms. The maximum Gasteiger partial charge on any atom is 0.108 e. The molecule has 1 atom stereocenters. The molecule has 0 bridgehead atoms. The van der Waals surface area contributed by atoms with Gasteiger partial charge >= 0.3 is 0 Å². The number of nitrogens with zero attached hydrogens (tertiary/aromatic N) is 1. The third kappa shape index (κ3) is 1.10. The predicted molar refractivity (Wildman–Crippen MR) is 43.4 cm³/mol. The van der Waals surface area contributed by atoms with E-state index in [1.165, 1.54) is 12.7 Å². The van der Waals surface area contributed by atoms with E-state index in [0.717, 1.165) is 18.5 Å². The van der Waals surface area contributed by atoms with E-state index in [1.54, 1.807) is 6.26 Å². The van der Waals surface area contributed by atoms with Crippen molar-refractivity contribution < 1.29 is 4.42 Å². The molecule has 0 aliphatic carbocycles. The Morgan fingerprint density at radius 1 is 1.58 bits per heavy atom. The average molecular weight is 162 g/mol. The summed E-state index contributed by atoms with van der Waals surface area (Å²) in [7, 11) is 0. The zero-order chi connectivity index (χ0) is 8.39. The molecule has 3 nitrogen and oxygen atoms in total.